The van der Waals surface area contributed by atoms with Crippen LogP contribution >= 0.6 is 11.6 Å². The van der Waals surface area contributed by atoms with E-state index in [1.54, 1.807) is 31.4 Å². The Morgan fingerprint density at radius 2 is 2.00 bits per heavy atom. The molecule has 11 heteroatoms. The predicted octanol–water partition coefficient (Wildman–Crippen LogP) is 4.40. The van der Waals surface area contributed by atoms with Gasteiger partial charge < -0.3 is 26.1 Å². The molecule has 1 amide bonds. The number of aromatic amines is 1. The first-order valence-corrected chi connectivity index (χ1v) is 12.4. The molecule has 0 bridgehead atoms. The van der Waals surface area contributed by atoms with Crippen LogP contribution in [0, 0.1) is 0 Å². The first-order chi connectivity index (χ1) is 18.0. The van der Waals surface area contributed by atoms with E-state index in [1.807, 2.05) is 22.9 Å². The molecule has 1 aliphatic heterocycles. The van der Waals surface area contributed by atoms with Gasteiger partial charge in [0.2, 0.25) is 0 Å². The maximum absolute atomic E-state index is 13.0. The molecule has 0 unspecified atom stereocenters. The smallest absolute Gasteiger partial charge is 0.272 e. The topological polar surface area (TPSA) is 136 Å². The third kappa shape index (κ3) is 4.24. The fraction of sp³-hybridized carbons (Fsp3) is 0.231. The first-order valence-electron chi connectivity index (χ1n) is 12.0. The Hall–Kier alpha value is -4.15. The van der Waals surface area contributed by atoms with Crippen LogP contribution in [0.2, 0.25) is 5.02 Å². The fourth-order valence-corrected chi connectivity index (χ4v) is 5.03. The van der Waals surface area contributed by atoms with E-state index in [2.05, 4.69) is 25.6 Å². The van der Waals surface area contributed by atoms with Crippen LogP contribution in [-0.4, -0.2) is 50.8 Å². The lowest BCUT2D eigenvalue weighted by Crippen LogP contribution is -2.30. The Bertz CT molecular complexity index is 1640. The van der Waals surface area contributed by atoms with Crippen LogP contribution in [0.4, 0.5) is 11.5 Å². The number of methoxy groups -OCH3 is 1. The standard InChI is InChI=1S/C26H25ClN8O2/c1-37-21-11-15(3-5-18(21)33-26(36)20-10-14-2-4-16(27)12-19(14)32-20)23-22-24(28)30-13-31-25(22)35(34-23)17-6-8-29-9-7-17/h2-5,10-13,17,29,32H,6-9H2,1H3,(H,33,36)(H2,28,30,31). The molecule has 6 rings (SSSR count). The number of nitrogens with two attached hydrogens (primary N) is 1. The van der Waals surface area contributed by atoms with Crippen LogP contribution in [0.1, 0.15) is 29.4 Å². The number of halogens is 1. The molecule has 0 radical (unpaired) electrons. The summed E-state index contributed by atoms with van der Waals surface area (Å²) in [6.45, 7) is 1.85. The Labute approximate surface area is 217 Å². The van der Waals surface area contributed by atoms with Crippen molar-refractivity contribution in [1.29, 1.82) is 0 Å². The van der Waals surface area contributed by atoms with E-state index in [1.165, 1.54) is 6.33 Å². The highest BCUT2D eigenvalue weighted by atomic mass is 35.5. The van der Waals surface area contributed by atoms with E-state index in [0.717, 1.165) is 42.4 Å². The van der Waals surface area contributed by atoms with Gasteiger partial charge in [0.25, 0.3) is 5.91 Å². The van der Waals surface area contributed by atoms with Gasteiger partial charge in [0.05, 0.1) is 24.2 Å². The summed E-state index contributed by atoms with van der Waals surface area (Å²) in [7, 11) is 1.56. The van der Waals surface area contributed by atoms with E-state index >= 15 is 0 Å². The number of hydrogen-bond acceptors (Lipinski definition) is 7. The normalized spacial score (nSPS) is 14.3. The summed E-state index contributed by atoms with van der Waals surface area (Å²) >= 11 is 6.07. The zero-order valence-electron chi connectivity index (χ0n) is 20.1. The van der Waals surface area contributed by atoms with E-state index in [9.17, 15) is 4.79 Å². The van der Waals surface area contributed by atoms with Crippen LogP contribution in [0.25, 0.3) is 33.2 Å². The molecule has 5 N–H and O–H groups in total. The number of carbonyl (C=O) groups is 1. The largest absolute Gasteiger partial charge is 0.495 e. The highest BCUT2D eigenvalue weighted by molar-refractivity contribution is 6.31. The number of aromatic nitrogens is 5. The van der Waals surface area contributed by atoms with Gasteiger partial charge in [-0.05, 0) is 56.3 Å². The summed E-state index contributed by atoms with van der Waals surface area (Å²) in [4.78, 5) is 24.8. The number of anilines is 2. The Morgan fingerprint density at radius 1 is 1.16 bits per heavy atom. The van der Waals surface area contributed by atoms with E-state index in [-0.39, 0.29) is 11.9 Å². The molecule has 1 saturated heterocycles. The van der Waals surface area contributed by atoms with Crippen LogP contribution in [0.15, 0.2) is 48.8 Å². The predicted molar refractivity (Wildman–Crippen MR) is 144 cm³/mol. The molecule has 188 valence electrons. The minimum atomic E-state index is -0.295. The SMILES string of the molecule is COc1cc(-c2nn(C3CCNCC3)c3ncnc(N)c23)ccc1NC(=O)c1cc2ccc(Cl)cc2[nH]1. The summed E-state index contributed by atoms with van der Waals surface area (Å²) in [6.07, 6.45) is 3.38. The van der Waals surface area contributed by atoms with E-state index in [0.29, 0.717) is 44.7 Å². The van der Waals surface area contributed by atoms with Crippen molar-refractivity contribution in [3.05, 3.63) is 59.5 Å². The molecule has 5 aromatic rings. The molecule has 0 spiro atoms. The minimum Gasteiger partial charge on any atom is -0.495 e. The van der Waals surface area contributed by atoms with Crippen molar-refractivity contribution in [2.24, 2.45) is 0 Å². The highest BCUT2D eigenvalue weighted by Crippen LogP contribution is 2.37. The monoisotopic (exact) mass is 516 g/mol. The Morgan fingerprint density at radius 3 is 2.81 bits per heavy atom. The Balaban J connectivity index is 1.35. The van der Waals surface area contributed by atoms with Crippen molar-refractivity contribution >= 4 is 50.9 Å². The number of nitrogens with zero attached hydrogens (tertiary/aromatic N) is 4. The van der Waals surface area contributed by atoms with Crippen molar-refractivity contribution < 1.29 is 9.53 Å². The van der Waals surface area contributed by atoms with Crippen LogP contribution in [0.3, 0.4) is 0 Å². The van der Waals surface area contributed by atoms with Gasteiger partial charge in [-0.2, -0.15) is 5.10 Å². The van der Waals surface area contributed by atoms with E-state index < -0.39 is 0 Å². The molecule has 1 fully saturated rings. The summed E-state index contributed by atoms with van der Waals surface area (Å²) in [5.41, 5.74) is 10.2. The van der Waals surface area contributed by atoms with Gasteiger partial charge in [-0.3, -0.25) is 4.79 Å². The molecule has 10 nitrogen and oxygen atoms in total. The molecule has 37 heavy (non-hydrogen) atoms. The van der Waals surface area contributed by atoms with Crippen LogP contribution < -0.4 is 21.1 Å². The van der Waals surface area contributed by atoms with Gasteiger partial charge in [0.1, 0.15) is 29.3 Å². The number of nitrogens with one attached hydrogen (secondary N) is 3. The summed E-state index contributed by atoms with van der Waals surface area (Å²) < 4.78 is 7.60. The maximum Gasteiger partial charge on any atom is 0.272 e. The highest BCUT2D eigenvalue weighted by Gasteiger charge is 2.24. The van der Waals surface area contributed by atoms with Crippen LogP contribution in [-0.2, 0) is 0 Å². The number of hydrogen-bond donors (Lipinski definition) is 4. The van der Waals surface area contributed by atoms with Crippen molar-refractivity contribution in [2.45, 2.75) is 18.9 Å². The van der Waals surface area contributed by atoms with Crippen molar-refractivity contribution in [1.82, 2.24) is 30.0 Å². The number of ether oxygens (including phenoxy) is 1. The van der Waals surface area contributed by atoms with Crippen LogP contribution in [0.5, 0.6) is 5.75 Å². The van der Waals surface area contributed by atoms with Gasteiger partial charge in [0.15, 0.2) is 5.65 Å². The van der Waals surface area contributed by atoms with Gasteiger partial charge in [-0.1, -0.05) is 23.7 Å². The molecule has 0 saturated carbocycles. The van der Waals surface area contributed by atoms with Gasteiger partial charge in [0, 0.05) is 21.5 Å². The second-order valence-corrected chi connectivity index (χ2v) is 9.45. The quantitative estimate of drug-likeness (QED) is 0.272. The average Bonchev–Trinajstić information content (AvgIpc) is 3.52. The number of piperidine rings is 1. The van der Waals surface area contributed by atoms with E-state index in [4.69, 9.17) is 27.2 Å². The number of benzene rings is 2. The average molecular weight is 517 g/mol. The number of amides is 1. The second-order valence-electron chi connectivity index (χ2n) is 9.02. The molecule has 0 atom stereocenters. The molecule has 4 heterocycles. The first kappa shape index (κ1) is 23.3. The van der Waals surface area contributed by atoms with Crippen molar-refractivity contribution in [2.75, 3.05) is 31.2 Å². The Kier molecular flexibility index (Phi) is 5.90. The summed E-state index contributed by atoms with van der Waals surface area (Å²) in [5.74, 6) is 0.567. The molecule has 2 aromatic carbocycles. The van der Waals surface area contributed by atoms with Gasteiger partial charge in [-0.15, -0.1) is 0 Å². The number of nitrogen functional groups attached to an aromatic ring is 1. The van der Waals surface area contributed by atoms with Gasteiger partial charge >= 0.3 is 0 Å². The molecule has 1 aliphatic rings. The molecule has 0 aliphatic carbocycles. The summed E-state index contributed by atoms with van der Waals surface area (Å²) in [6, 6.07) is 12.9. The minimum absolute atomic E-state index is 0.221. The van der Waals surface area contributed by atoms with Crippen molar-refractivity contribution in [3.8, 4) is 17.0 Å². The zero-order chi connectivity index (χ0) is 25.5. The molecular weight excluding hydrogens is 492 g/mol. The third-order valence-electron chi connectivity index (χ3n) is 6.72. The second kappa shape index (κ2) is 9.38. The molecular formula is C26H25ClN8O2. The lowest BCUT2D eigenvalue weighted by Gasteiger charge is -2.23. The third-order valence-corrected chi connectivity index (χ3v) is 6.96. The lowest BCUT2D eigenvalue weighted by atomic mass is 10.1. The van der Waals surface area contributed by atoms with Crippen molar-refractivity contribution in [3.63, 3.8) is 0 Å². The number of carbonyl (C=O) groups excluding carboxylic acids is 1. The van der Waals surface area contributed by atoms with Gasteiger partial charge in [-0.25, -0.2) is 14.6 Å². The number of rotatable bonds is 5. The number of fused-ring (bicyclic) bond motifs is 2. The summed E-state index contributed by atoms with van der Waals surface area (Å²) in [5, 5.41) is 13.4. The zero-order valence-corrected chi connectivity index (χ0v) is 20.8. The lowest BCUT2D eigenvalue weighted by molar-refractivity contribution is 0.102. The number of H-pyrrole nitrogens is 1. The molecule has 3 aromatic heterocycles. The fourth-order valence-electron chi connectivity index (χ4n) is 4.86. The maximum atomic E-state index is 13.0.